The minimum Gasteiger partial charge on any atom is -0.466 e. The number of amides is 1. The predicted molar refractivity (Wildman–Crippen MR) is 79.3 cm³/mol. The SMILES string of the molecule is C/C(=N/NC(=O)c1cccc(Cl)c1)c1cc(C)oc1C. The minimum absolute atomic E-state index is 0.301. The van der Waals surface area contributed by atoms with Gasteiger partial charge in [-0.05, 0) is 45.0 Å². The lowest BCUT2D eigenvalue weighted by atomic mass is 10.2. The highest BCUT2D eigenvalue weighted by Gasteiger charge is 2.09. The van der Waals surface area contributed by atoms with E-state index in [-0.39, 0.29) is 5.91 Å². The smallest absolute Gasteiger partial charge is 0.271 e. The third kappa shape index (κ3) is 3.27. The lowest BCUT2D eigenvalue weighted by molar-refractivity contribution is 0.0955. The van der Waals surface area contributed by atoms with Crippen molar-refractivity contribution >= 4 is 23.2 Å². The van der Waals surface area contributed by atoms with Gasteiger partial charge in [-0.25, -0.2) is 5.43 Å². The van der Waals surface area contributed by atoms with Gasteiger partial charge in [0.25, 0.3) is 5.91 Å². The summed E-state index contributed by atoms with van der Waals surface area (Å²) >= 11 is 5.84. The summed E-state index contributed by atoms with van der Waals surface area (Å²) in [5, 5.41) is 4.60. The maximum absolute atomic E-state index is 11.9. The number of rotatable bonds is 3. The normalized spacial score (nSPS) is 11.5. The molecule has 2 rings (SSSR count). The van der Waals surface area contributed by atoms with Crippen LogP contribution in [0, 0.1) is 13.8 Å². The van der Waals surface area contributed by atoms with Gasteiger partial charge in [0.1, 0.15) is 11.5 Å². The van der Waals surface area contributed by atoms with Crippen LogP contribution in [0.4, 0.5) is 0 Å². The second-order valence-corrected chi connectivity index (χ2v) is 4.91. The fourth-order valence-corrected chi connectivity index (χ4v) is 2.07. The Morgan fingerprint density at radius 2 is 2.05 bits per heavy atom. The maximum Gasteiger partial charge on any atom is 0.271 e. The predicted octanol–water partition coefficient (Wildman–Crippen LogP) is 3.70. The first-order chi connectivity index (χ1) is 9.47. The average molecular weight is 291 g/mol. The van der Waals surface area contributed by atoms with Crippen LogP contribution in [0.1, 0.15) is 34.4 Å². The van der Waals surface area contributed by atoms with Crippen molar-refractivity contribution in [1.29, 1.82) is 0 Å². The number of aryl methyl sites for hydroxylation is 2. The summed E-state index contributed by atoms with van der Waals surface area (Å²) in [4.78, 5) is 11.9. The van der Waals surface area contributed by atoms with Crippen molar-refractivity contribution in [1.82, 2.24) is 5.43 Å². The maximum atomic E-state index is 11.9. The average Bonchev–Trinajstić information content (AvgIpc) is 2.74. The Morgan fingerprint density at radius 1 is 1.30 bits per heavy atom. The molecule has 1 amide bonds. The summed E-state index contributed by atoms with van der Waals surface area (Å²) in [7, 11) is 0. The van der Waals surface area contributed by atoms with Gasteiger partial charge in [-0.1, -0.05) is 17.7 Å². The molecule has 2 aromatic rings. The molecule has 0 aliphatic heterocycles. The fraction of sp³-hybridized carbons (Fsp3) is 0.200. The van der Waals surface area contributed by atoms with E-state index in [1.807, 2.05) is 26.8 Å². The van der Waals surface area contributed by atoms with E-state index >= 15 is 0 Å². The van der Waals surface area contributed by atoms with Gasteiger partial charge in [0.05, 0.1) is 5.71 Å². The van der Waals surface area contributed by atoms with Crippen molar-refractivity contribution in [2.45, 2.75) is 20.8 Å². The molecule has 5 heteroatoms. The molecule has 0 fully saturated rings. The Labute approximate surface area is 122 Å². The first-order valence-corrected chi connectivity index (χ1v) is 6.53. The molecule has 0 saturated heterocycles. The zero-order valence-corrected chi connectivity index (χ0v) is 12.3. The van der Waals surface area contributed by atoms with E-state index in [9.17, 15) is 4.79 Å². The molecule has 0 saturated carbocycles. The highest BCUT2D eigenvalue weighted by molar-refractivity contribution is 6.30. The number of benzene rings is 1. The van der Waals surface area contributed by atoms with Crippen LogP contribution in [0.25, 0.3) is 0 Å². The number of carbonyl (C=O) groups excluding carboxylic acids is 1. The van der Waals surface area contributed by atoms with E-state index in [1.54, 1.807) is 24.3 Å². The van der Waals surface area contributed by atoms with Crippen molar-refractivity contribution in [3.05, 3.63) is 58.0 Å². The van der Waals surface area contributed by atoms with E-state index in [0.717, 1.165) is 17.1 Å². The summed E-state index contributed by atoms with van der Waals surface area (Å²) in [6.07, 6.45) is 0. The van der Waals surface area contributed by atoms with Gasteiger partial charge in [0.2, 0.25) is 0 Å². The molecule has 1 aromatic heterocycles. The van der Waals surface area contributed by atoms with Crippen LogP contribution in [-0.4, -0.2) is 11.6 Å². The molecule has 0 unspecified atom stereocenters. The number of nitrogens with one attached hydrogen (secondary N) is 1. The molecule has 0 bridgehead atoms. The van der Waals surface area contributed by atoms with Gasteiger partial charge in [0, 0.05) is 16.1 Å². The van der Waals surface area contributed by atoms with Crippen molar-refractivity contribution in [2.24, 2.45) is 5.10 Å². The lowest BCUT2D eigenvalue weighted by Gasteiger charge is -2.02. The van der Waals surface area contributed by atoms with Crippen LogP contribution in [-0.2, 0) is 0 Å². The van der Waals surface area contributed by atoms with Gasteiger partial charge in [-0.2, -0.15) is 5.10 Å². The first kappa shape index (κ1) is 14.3. The van der Waals surface area contributed by atoms with Crippen LogP contribution in [0.15, 0.2) is 39.9 Å². The molecule has 1 aromatic carbocycles. The Kier molecular flexibility index (Phi) is 4.25. The molecule has 0 aliphatic carbocycles. The number of carbonyl (C=O) groups is 1. The number of furan rings is 1. The summed E-state index contributed by atoms with van der Waals surface area (Å²) in [6, 6.07) is 8.59. The molecule has 1 heterocycles. The summed E-state index contributed by atoms with van der Waals surface area (Å²) in [5.41, 5.74) is 4.55. The van der Waals surface area contributed by atoms with Gasteiger partial charge in [-0.15, -0.1) is 0 Å². The standard InChI is InChI=1S/C15H15ClN2O2/c1-9-7-14(11(3)20-9)10(2)17-18-15(19)12-5-4-6-13(16)8-12/h4-8H,1-3H3,(H,18,19)/b17-10-. The number of nitrogens with zero attached hydrogens (tertiary/aromatic N) is 1. The molecular formula is C15H15ClN2O2. The third-order valence-electron chi connectivity index (χ3n) is 2.84. The second-order valence-electron chi connectivity index (χ2n) is 4.48. The molecule has 4 nitrogen and oxygen atoms in total. The minimum atomic E-state index is -0.301. The fourth-order valence-electron chi connectivity index (χ4n) is 1.88. The van der Waals surface area contributed by atoms with E-state index < -0.39 is 0 Å². The number of hydrogen-bond acceptors (Lipinski definition) is 3. The molecule has 0 radical (unpaired) electrons. The third-order valence-corrected chi connectivity index (χ3v) is 3.08. The number of hydrogen-bond donors (Lipinski definition) is 1. The Morgan fingerprint density at radius 3 is 2.65 bits per heavy atom. The summed E-state index contributed by atoms with van der Waals surface area (Å²) in [5.74, 6) is 1.29. The molecule has 20 heavy (non-hydrogen) atoms. The van der Waals surface area contributed by atoms with Gasteiger partial charge >= 0.3 is 0 Å². The van der Waals surface area contributed by atoms with Crippen LogP contribution in [0.5, 0.6) is 0 Å². The summed E-state index contributed by atoms with van der Waals surface area (Å²) in [6.45, 7) is 5.55. The van der Waals surface area contributed by atoms with E-state index in [2.05, 4.69) is 10.5 Å². The first-order valence-electron chi connectivity index (χ1n) is 6.15. The second kappa shape index (κ2) is 5.92. The molecule has 104 valence electrons. The quantitative estimate of drug-likeness (QED) is 0.692. The molecule has 1 N–H and O–H groups in total. The van der Waals surface area contributed by atoms with Crippen LogP contribution in [0.3, 0.4) is 0 Å². The Bertz CT molecular complexity index is 674. The van der Waals surface area contributed by atoms with Gasteiger partial charge < -0.3 is 4.42 Å². The largest absolute Gasteiger partial charge is 0.466 e. The highest BCUT2D eigenvalue weighted by atomic mass is 35.5. The Balaban J connectivity index is 2.13. The Hall–Kier alpha value is -2.07. The van der Waals surface area contributed by atoms with Crippen molar-refractivity contribution in [3.8, 4) is 0 Å². The zero-order valence-electron chi connectivity index (χ0n) is 11.5. The van der Waals surface area contributed by atoms with Crippen molar-refractivity contribution in [2.75, 3.05) is 0 Å². The number of halogens is 1. The van der Waals surface area contributed by atoms with Crippen molar-refractivity contribution in [3.63, 3.8) is 0 Å². The molecule has 0 aliphatic rings. The zero-order chi connectivity index (χ0) is 14.7. The monoisotopic (exact) mass is 290 g/mol. The van der Waals surface area contributed by atoms with Crippen LogP contribution >= 0.6 is 11.6 Å². The molecular weight excluding hydrogens is 276 g/mol. The molecule has 0 spiro atoms. The lowest BCUT2D eigenvalue weighted by Crippen LogP contribution is -2.19. The highest BCUT2D eigenvalue weighted by Crippen LogP contribution is 2.14. The van der Waals surface area contributed by atoms with Crippen molar-refractivity contribution < 1.29 is 9.21 Å². The number of hydrazone groups is 1. The van der Waals surface area contributed by atoms with E-state index in [4.69, 9.17) is 16.0 Å². The van der Waals surface area contributed by atoms with E-state index in [1.165, 1.54) is 0 Å². The van der Waals surface area contributed by atoms with Crippen LogP contribution < -0.4 is 5.43 Å². The summed E-state index contributed by atoms with van der Waals surface area (Å²) < 4.78 is 5.43. The topological polar surface area (TPSA) is 54.6 Å². The van der Waals surface area contributed by atoms with Gasteiger partial charge in [0.15, 0.2) is 0 Å². The van der Waals surface area contributed by atoms with E-state index in [0.29, 0.717) is 16.3 Å². The van der Waals surface area contributed by atoms with Gasteiger partial charge in [-0.3, -0.25) is 4.79 Å². The molecule has 0 atom stereocenters. The van der Waals surface area contributed by atoms with Crippen LogP contribution in [0.2, 0.25) is 5.02 Å².